The molecule has 2 heterocycles. The third-order valence-corrected chi connectivity index (χ3v) is 5.06. The molecule has 2 aromatic heterocycles. The van der Waals surface area contributed by atoms with E-state index in [-0.39, 0.29) is 18.0 Å². The summed E-state index contributed by atoms with van der Waals surface area (Å²) in [6.45, 7) is -0.262. The molecular weight excluding hydrogens is 330 g/mol. The Morgan fingerprint density at radius 3 is 2.67 bits per heavy atom. The molecule has 0 unspecified atom stereocenters. The van der Waals surface area contributed by atoms with Crippen molar-refractivity contribution in [3.63, 3.8) is 0 Å². The number of hydrogen-bond donors (Lipinski definition) is 2. The molecule has 0 radical (unpaired) electrons. The lowest BCUT2D eigenvalue weighted by molar-refractivity contribution is 0.301. The number of methoxy groups -OCH3 is 1. The molecule has 0 saturated heterocycles. The van der Waals surface area contributed by atoms with E-state index in [9.17, 15) is 8.42 Å². The predicted molar refractivity (Wildman–Crippen MR) is 89.5 cm³/mol. The molecule has 1 aromatic carbocycles. The Bertz CT molecular complexity index is 949. The summed E-state index contributed by atoms with van der Waals surface area (Å²) in [6, 6.07) is 10.1. The van der Waals surface area contributed by atoms with Gasteiger partial charge in [0.2, 0.25) is 10.0 Å². The average Bonchev–Trinajstić information content (AvgIpc) is 3.03. The Morgan fingerprint density at radius 2 is 2.00 bits per heavy atom. The number of fused-ring (bicyclic) bond motifs is 1. The molecule has 0 fully saturated rings. The van der Waals surface area contributed by atoms with Gasteiger partial charge in [0.15, 0.2) is 0 Å². The number of ether oxygens (including phenoxy) is 1. The summed E-state index contributed by atoms with van der Waals surface area (Å²) >= 11 is 0. The van der Waals surface area contributed by atoms with Crippen molar-refractivity contribution < 1.29 is 18.3 Å². The molecule has 3 aromatic rings. The van der Waals surface area contributed by atoms with Crippen molar-refractivity contribution in [1.29, 1.82) is 0 Å². The average molecular weight is 347 g/mol. The van der Waals surface area contributed by atoms with E-state index in [2.05, 4.69) is 9.71 Å². The molecule has 0 saturated carbocycles. The van der Waals surface area contributed by atoms with Crippen molar-refractivity contribution in [2.75, 3.05) is 20.3 Å². The summed E-state index contributed by atoms with van der Waals surface area (Å²) in [6.07, 6.45) is 3.58. The van der Waals surface area contributed by atoms with E-state index < -0.39 is 10.0 Å². The Kier molecular flexibility index (Phi) is 4.52. The van der Waals surface area contributed by atoms with Crippen LogP contribution < -0.4 is 9.46 Å². The molecule has 0 bridgehead atoms. The second-order valence-electron chi connectivity index (χ2n) is 5.08. The highest BCUT2D eigenvalue weighted by atomic mass is 32.2. The maximum absolute atomic E-state index is 12.0. The first kappa shape index (κ1) is 16.4. The van der Waals surface area contributed by atoms with Gasteiger partial charge in [-0.2, -0.15) is 0 Å². The summed E-state index contributed by atoms with van der Waals surface area (Å²) in [5.41, 5.74) is 2.43. The van der Waals surface area contributed by atoms with Gasteiger partial charge >= 0.3 is 0 Å². The van der Waals surface area contributed by atoms with Crippen molar-refractivity contribution in [3.8, 4) is 17.0 Å². The SMILES string of the molecule is COc1ccn2c(-c3ccc(S(=O)(=O)NCCO)cc3)cnc2c1. The fourth-order valence-electron chi connectivity index (χ4n) is 2.37. The van der Waals surface area contributed by atoms with Crippen molar-refractivity contribution >= 4 is 15.7 Å². The minimum Gasteiger partial charge on any atom is -0.497 e. The van der Waals surface area contributed by atoms with E-state index in [4.69, 9.17) is 9.84 Å². The highest BCUT2D eigenvalue weighted by Crippen LogP contribution is 2.24. The molecule has 24 heavy (non-hydrogen) atoms. The third kappa shape index (κ3) is 3.12. The molecule has 8 heteroatoms. The molecule has 3 rings (SSSR count). The number of pyridine rings is 1. The zero-order chi connectivity index (χ0) is 17.2. The van der Waals surface area contributed by atoms with E-state index in [1.165, 1.54) is 12.1 Å². The van der Waals surface area contributed by atoms with Crippen LogP contribution in [-0.4, -0.2) is 43.2 Å². The first-order valence-corrected chi connectivity index (χ1v) is 8.75. The van der Waals surface area contributed by atoms with E-state index >= 15 is 0 Å². The van der Waals surface area contributed by atoms with Gasteiger partial charge in [-0.15, -0.1) is 0 Å². The van der Waals surface area contributed by atoms with Crippen LogP contribution in [0.1, 0.15) is 0 Å². The standard InChI is InChI=1S/C16H17N3O4S/c1-23-13-6-8-19-15(11-17-16(19)10-13)12-2-4-14(5-3-12)24(21,22)18-7-9-20/h2-6,8,10-11,18,20H,7,9H2,1H3. The van der Waals surface area contributed by atoms with Crippen LogP contribution in [0.4, 0.5) is 0 Å². The van der Waals surface area contributed by atoms with Gasteiger partial charge in [-0.3, -0.25) is 4.40 Å². The second kappa shape index (κ2) is 6.60. The highest BCUT2D eigenvalue weighted by Gasteiger charge is 2.14. The van der Waals surface area contributed by atoms with Crippen molar-refractivity contribution in [2.24, 2.45) is 0 Å². The summed E-state index contributed by atoms with van der Waals surface area (Å²) in [5.74, 6) is 0.719. The van der Waals surface area contributed by atoms with Gasteiger partial charge in [0, 0.05) is 24.4 Å². The highest BCUT2D eigenvalue weighted by molar-refractivity contribution is 7.89. The van der Waals surface area contributed by atoms with Crippen LogP contribution in [0.5, 0.6) is 5.75 Å². The molecule has 0 atom stereocenters. The topological polar surface area (TPSA) is 92.9 Å². The van der Waals surface area contributed by atoms with Crippen LogP contribution in [0.15, 0.2) is 53.7 Å². The van der Waals surface area contributed by atoms with Crippen LogP contribution in [0.25, 0.3) is 16.9 Å². The summed E-state index contributed by atoms with van der Waals surface area (Å²) in [7, 11) is -2.01. The van der Waals surface area contributed by atoms with E-state index in [1.807, 2.05) is 22.7 Å². The van der Waals surface area contributed by atoms with Crippen LogP contribution >= 0.6 is 0 Å². The number of nitrogens with one attached hydrogen (secondary N) is 1. The number of aliphatic hydroxyl groups is 1. The van der Waals surface area contributed by atoms with Crippen LogP contribution in [0.3, 0.4) is 0 Å². The Balaban J connectivity index is 1.94. The van der Waals surface area contributed by atoms with Crippen molar-refractivity contribution in [1.82, 2.24) is 14.1 Å². The van der Waals surface area contributed by atoms with Crippen LogP contribution in [-0.2, 0) is 10.0 Å². The third-order valence-electron chi connectivity index (χ3n) is 3.58. The number of nitrogens with zero attached hydrogens (tertiary/aromatic N) is 2. The smallest absolute Gasteiger partial charge is 0.240 e. The van der Waals surface area contributed by atoms with Gasteiger partial charge in [-0.25, -0.2) is 18.1 Å². The maximum atomic E-state index is 12.0. The maximum Gasteiger partial charge on any atom is 0.240 e. The molecule has 0 aliphatic heterocycles. The summed E-state index contributed by atoms with van der Waals surface area (Å²) in [5, 5.41) is 8.74. The van der Waals surface area contributed by atoms with Gasteiger partial charge in [0.05, 0.1) is 30.5 Å². The number of benzene rings is 1. The molecule has 0 aliphatic carbocycles. The number of aromatic nitrogens is 2. The normalized spacial score (nSPS) is 11.8. The largest absolute Gasteiger partial charge is 0.497 e. The first-order chi connectivity index (χ1) is 11.5. The van der Waals surface area contributed by atoms with E-state index in [0.29, 0.717) is 0 Å². The van der Waals surface area contributed by atoms with Gasteiger partial charge in [0.1, 0.15) is 11.4 Å². The fourth-order valence-corrected chi connectivity index (χ4v) is 3.39. The first-order valence-electron chi connectivity index (χ1n) is 7.27. The van der Waals surface area contributed by atoms with Gasteiger partial charge in [0.25, 0.3) is 0 Å². The monoisotopic (exact) mass is 347 g/mol. The second-order valence-corrected chi connectivity index (χ2v) is 6.85. The van der Waals surface area contributed by atoms with E-state index in [1.54, 1.807) is 25.4 Å². The van der Waals surface area contributed by atoms with E-state index in [0.717, 1.165) is 22.7 Å². The van der Waals surface area contributed by atoms with Gasteiger partial charge < -0.3 is 9.84 Å². The number of rotatable bonds is 6. The molecule has 126 valence electrons. The molecule has 0 amide bonds. The lowest BCUT2D eigenvalue weighted by atomic mass is 10.2. The lowest BCUT2D eigenvalue weighted by Crippen LogP contribution is -2.26. The number of sulfonamides is 1. The zero-order valence-corrected chi connectivity index (χ0v) is 13.8. The fraction of sp³-hybridized carbons (Fsp3) is 0.188. The quantitative estimate of drug-likeness (QED) is 0.701. The summed E-state index contributed by atoms with van der Waals surface area (Å²) in [4.78, 5) is 4.49. The Hall–Kier alpha value is -2.42. The number of aliphatic hydroxyl groups excluding tert-OH is 1. The van der Waals surface area contributed by atoms with Crippen LogP contribution in [0.2, 0.25) is 0 Å². The molecule has 0 spiro atoms. The molecule has 0 aliphatic rings. The summed E-state index contributed by atoms with van der Waals surface area (Å²) < 4.78 is 33.4. The van der Waals surface area contributed by atoms with Crippen molar-refractivity contribution in [2.45, 2.75) is 4.90 Å². The zero-order valence-electron chi connectivity index (χ0n) is 13.0. The molecular formula is C16H17N3O4S. The van der Waals surface area contributed by atoms with Gasteiger partial charge in [-0.05, 0) is 18.2 Å². The molecule has 2 N–H and O–H groups in total. The Labute approximate surface area is 139 Å². The van der Waals surface area contributed by atoms with Crippen LogP contribution in [0, 0.1) is 0 Å². The predicted octanol–water partition coefficient (Wildman–Crippen LogP) is 1.28. The Morgan fingerprint density at radius 1 is 1.25 bits per heavy atom. The number of hydrogen-bond acceptors (Lipinski definition) is 5. The molecule has 7 nitrogen and oxygen atoms in total. The minimum absolute atomic E-state index is 0.0147. The van der Waals surface area contributed by atoms with Crippen molar-refractivity contribution in [3.05, 3.63) is 48.8 Å². The minimum atomic E-state index is -3.61. The lowest BCUT2D eigenvalue weighted by Gasteiger charge is -2.07. The van der Waals surface area contributed by atoms with Gasteiger partial charge in [-0.1, -0.05) is 12.1 Å². The number of imidazole rings is 1.